The van der Waals surface area contributed by atoms with Crippen molar-refractivity contribution in [3.05, 3.63) is 18.0 Å². The highest BCUT2D eigenvalue weighted by molar-refractivity contribution is 7.10. The van der Waals surface area contributed by atoms with Gasteiger partial charge in [-0.1, -0.05) is 0 Å². The number of aryl methyl sites for hydroxylation is 1. The van der Waals surface area contributed by atoms with Gasteiger partial charge < -0.3 is 15.4 Å². The van der Waals surface area contributed by atoms with Crippen molar-refractivity contribution in [2.75, 3.05) is 36.9 Å². The summed E-state index contributed by atoms with van der Waals surface area (Å²) < 4.78 is 9.80. The van der Waals surface area contributed by atoms with Gasteiger partial charge in [0.25, 0.3) is 0 Å². The van der Waals surface area contributed by atoms with Gasteiger partial charge in [0.15, 0.2) is 5.65 Å². The van der Waals surface area contributed by atoms with Gasteiger partial charge in [0, 0.05) is 25.2 Å². The van der Waals surface area contributed by atoms with Crippen molar-refractivity contribution < 1.29 is 4.74 Å². The number of morpholine rings is 1. The second-order valence-electron chi connectivity index (χ2n) is 7.78. The Labute approximate surface area is 173 Å². The van der Waals surface area contributed by atoms with E-state index in [1.54, 1.807) is 6.20 Å². The van der Waals surface area contributed by atoms with E-state index < -0.39 is 0 Å². The maximum Gasteiger partial charge on any atom is 0.231 e. The number of H-pyrrole nitrogens is 1. The zero-order chi connectivity index (χ0) is 19.6. The second kappa shape index (κ2) is 8.21. The Morgan fingerprint density at radius 3 is 2.76 bits per heavy atom. The third-order valence-corrected chi connectivity index (χ3v) is 6.57. The molecule has 2 aliphatic rings. The number of hydrogen-bond acceptors (Lipinski definition) is 9. The Bertz CT molecular complexity index is 958. The monoisotopic (exact) mass is 414 g/mol. The zero-order valence-corrected chi connectivity index (χ0v) is 17.3. The van der Waals surface area contributed by atoms with Gasteiger partial charge in [-0.15, -0.1) is 0 Å². The minimum absolute atomic E-state index is 0.416. The molecule has 3 N–H and O–H groups in total. The number of fused-ring (bicyclic) bond motifs is 1. The van der Waals surface area contributed by atoms with Gasteiger partial charge in [0.1, 0.15) is 10.8 Å². The quantitative estimate of drug-likeness (QED) is 0.585. The summed E-state index contributed by atoms with van der Waals surface area (Å²) in [4.78, 5) is 11.9. The number of anilines is 3. The number of nitrogens with zero attached hydrogens (tertiary/aromatic N) is 5. The van der Waals surface area contributed by atoms with E-state index in [-0.39, 0.29) is 0 Å². The molecule has 0 spiro atoms. The Morgan fingerprint density at radius 2 is 2.00 bits per heavy atom. The van der Waals surface area contributed by atoms with E-state index in [0.29, 0.717) is 18.0 Å². The van der Waals surface area contributed by atoms with E-state index >= 15 is 0 Å². The molecule has 0 radical (unpaired) electrons. The van der Waals surface area contributed by atoms with Crippen LogP contribution in [0.15, 0.2) is 12.3 Å². The lowest BCUT2D eigenvalue weighted by Gasteiger charge is -2.39. The number of rotatable bonds is 5. The maximum absolute atomic E-state index is 5.49. The molecule has 4 heterocycles. The normalized spacial score (nSPS) is 23.3. The van der Waals surface area contributed by atoms with Crippen LogP contribution in [0.3, 0.4) is 0 Å². The maximum atomic E-state index is 5.49. The van der Waals surface area contributed by atoms with Crippen molar-refractivity contribution in [1.82, 2.24) is 29.4 Å². The fraction of sp³-hybridized carbons (Fsp3) is 0.579. The minimum atomic E-state index is 0.416. The molecule has 1 aliphatic carbocycles. The largest absolute Gasteiger partial charge is 0.379 e. The number of ether oxygens (including phenoxy) is 1. The van der Waals surface area contributed by atoms with E-state index in [0.717, 1.165) is 66.7 Å². The van der Waals surface area contributed by atoms with Crippen LogP contribution in [0, 0.1) is 6.92 Å². The van der Waals surface area contributed by atoms with Crippen molar-refractivity contribution >= 4 is 39.3 Å². The summed E-state index contributed by atoms with van der Waals surface area (Å²) in [5, 5.41) is 15.9. The van der Waals surface area contributed by atoms with Crippen LogP contribution < -0.4 is 10.6 Å². The topological polar surface area (TPSA) is 104 Å². The van der Waals surface area contributed by atoms with E-state index in [2.05, 4.69) is 35.1 Å². The van der Waals surface area contributed by atoms with Crippen molar-refractivity contribution in [3.63, 3.8) is 0 Å². The summed E-state index contributed by atoms with van der Waals surface area (Å²) >= 11 is 1.41. The first-order chi connectivity index (χ1) is 14.2. The lowest BCUT2D eigenvalue weighted by Crippen LogP contribution is -2.46. The molecule has 3 aromatic heterocycles. The number of aromatic amines is 1. The first-order valence-corrected chi connectivity index (χ1v) is 11.0. The molecule has 1 saturated heterocycles. The molecule has 1 aliphatic heterocycles. The van der Waals surface area contributed by atoms with Crippen LogP contribution in [-0.4, -0.2) is 67.8 Å². The van der Waals surface area contributed by atoms with Crippen LogP contribution in [0.4, 0.5) is 16.8 Å². The fourth-order valence-electron chi connectivity index (χ4n) is 4.25. The lowest BCUT2D eigenvalue weighted by molar-refractivity contribution is 0.00791. The van der Waals surface area contributed by atoms with E-state index in [4.69, 9.17) is 9.72 Å². The third kappa shape index (κ3) is 4.19. The lowest BCUT2D eigenvalue weighted by atomic mass is 9.90. The molecule has 3 aromatic rings. The standard InChI is InChI=1S/C19H26N8OS/c1-12-10-16(29-26-12)22-19-23-17(15-11-20-25-18(15)24-19)21-13-2-4-14(5-3-13)27-6-8-28-9-7-27/h10-11,13-14H,2-9H2,1H3,(H3,20,21,22,23,24,25). The summed E-state index contributed by atoms with van der Waals surface area (Å²) in [6.07, 6.45) is 6.49. The molecule has 5 rings (SSSR count). The van der Waals surface area contributed by atoms with Gasteiger partial charge in [0.2, 0.25) is 5.95 Å². The Kier molecular flexibility index (Phi) is 5.30. The molecule has 9 nitrogen and oxygen atoms in total. The molecule has 29 heavy (non-hydrogen) atoms. The molecule has 0 atom stereocenters. The van der Waals surface area contributed by atoms with E-state index in [9.17, 15) is 0 Å². The second-order valence-corrected chi connectivity index (χ2v) is 8.59. The Balaban J connectivity index is 1.28. The molecular weight excluding hydrogens is 388 g/mol. The highest BCUT2D eigenvalue weighted by Crippen LogP contribution is 2.29. The number of nitrogens with one attached hydrogen (secondary N) is 3. The van der Waals surface area contributed by atoms with Crippen LogP contribution in [-0.2, 0) is 4.74 Å². The fourth-order valence-corrected chi connectivity index (χ4v) is 4.91. The summed E-state index contributed by atoms with van der Waals surface area (Å²) in [6, 6.07) is 3.09. The summed E-state index contributed by atoms with van der Waals surface area (Å²) in [5.41, 5.74) is 1.71. The molecular formula is C19H26N8OS. The van der Waals surface area contributed by atoms with Crippen LogP contribution in [0.1, 0.15) is 31.4 Å². The van der Waals surface area contributed by atoms with Crippen LogP contribution in [0.2, 0.25) is 0 Å². The van der Waals surface area contributed by atoms with Gasteiger partial charge in [-0.25, -0.2) is 0 Å². The van der Waals surface area contributed by atoms with Gasteiger partial charge in [-0.2, -0.15) is 19.4 Å². The Morgan fingerprint density at radius 1 is 1.17 bits per heavy atom. The molecule has 154 valence electrons. The first kappa shape index (κ1) is 18.7. The van der Waals surface area contributed by atoms with Crippen molar-refractivity contribution in [3.8, 4) is 0 Å². The van der Waals surface area contributed by atoms with Crippen LogP contribution in [0.5, 0.6) is 0 Å². The average Bonchev–Trinajstić information content (AvgIpc) is 3.38. The summed E-state index contributed by atoms with van der Waals surface area (Å²) in [6.45, 7) is 5.84. The van der Waals surface area contributed by atoms with Crippen LogP contribution >= 0.6 is 11.5 Å². The summed E-state index contributed by atoms with van der Waals surface area (Å²) in [5.74, 6) is 1.39. The third-order valence-electron chi connectivity index (χ3n) is 5.77. The number of aromatic nitrogens is 5. The molecule has 0 amide bonds. The molecule has 10 heteroatoms. The zero-order valence-electron chi connectivity index (χ0n) is 16.5. The summed E-state index contributed by atoms with van der Waals surface area (Å²) in [7, 11) is 0. The highest BCUT2D eigenvalue weighted by Gasteiger charge is 2.27. The van der Waals surface area contributed by atoms with Crippen molar-refractivity contribution in [1.29, 1.82) is 0 Å². The average molecular weight is 415 g/mol. The molecule has 2 fully saturated rings. The van der Waals surface area contributed by atoms with Gasteiger partial charge in [0.05, 0.1) is 30.5 Å². The van der Waals surface area contributed by atoms with Gasteiger partial charge >= 0.3 is 0 Å². The predicted molar refractivity (Wildman–Crippen MR) is 114 cm³/mol. The van der Waals surface area contributed by atoms with E-state index in [1.807, 2.05) is 13.0 Å². The number of hydrogen-bond donors (Lipinski definition) is 3. The van der Waals surface area contributed by atoms with Gasteiger partial charge in [-0.05, 0) is 50.2 Å². The van der Waals surface area contributed by atoms with Crippen LogP contribution in [0.25, 0.3) is 11.0 Å². The van der Waals surface area contributed by atoms with Gasteiger partial charge in [-0.3, -0.25) is 10.00 Å². The van der Waals surface area contributed by atoms with Crippen molar-refractivity contribution in [2.24, 2.45) is 0 Å². The SMILES string of the molecule is Cc1cc(Nc2nc(NC3CCC(N4CCOCC4)CC3)c3cn[nH]c3n2)sn1. The van der Waals surface area contributed by atoms with Crippen molar-refractivity contribution in [2.45, 2.75) is 44.7 Å². The molecule has 0 aromatic carbocycles. The highest BCUT2D eigenvalue weighted by atomic mass is 32.1. The Hall–Kier alpha value is -2.30. The minimum Gasteiger partial charge on any atom is -0.379 e. The first-order valence-electron chi connectivity index (χ1n) is 10.2. The van der Waals surface area contributed by atoms with E-state index in [1.165, 1.54) is 24.4 Å². The molecule has 1 saturated carbocycles. The molecule has 0 unspecified atom stereocenters. The predicted octanol–water partition coefficient (Wildman–Crippen LogP) is 2.92. The smallest absolute Gasteiger partial charge is 0.231 e. The molecule has 0 bridgehead atoms.